The van der Waals surface area contributed by atoms with Gasteiger partial charge in [-0.2, -0.15) is 0 Å². The molecule has 0 N–H and O–H groups in total. The fraction of sp³-hybridized carbons (Fsp3) is 0.667. The number of nitrogens with zero attached hydrogens (tertiary/aromatic N) is 1. The second kappa shape index (κ2) is 7.09. The Kier molecular flexibility index (Phi) is 5.14. The van der Waals surface area contributed by atoms with Crippen molar-refractivity contribution < 1.29 is 14.2 Å². The first-order valence-electron chi connectivity index (χ1n) is 8.30. The molecule has 2 fully saturated rings. The highest BCUT2D eigenvalue weighted by molar-refractivity contribution is 5.18. The third-order valence-corrected chi connectivity index (χ3v) is 4.79. The van der Waals surface area contributed by atoms with Crippen LogP contribution < -0.4 is 0 Å². The SMILES string of the molecule is CC[C@@H]1CN(C[C@H](OC)c2ccccc2)C[C@@]2(CCOC2)O1. The van der Waals surface area contributed by atoms with Gasteiger partial charge in [0.15, 0.2) is 0 Å². The average Bonchev–Trinajstić information content (AvgIpc) is 3.00. The van der Waals surface area contributed by atoms with E-state index >= 15 is 0 Å². The lowest BCUT2D eigenvalue weighted by molar-refractivity contribution is -0.159. The normalized spacial score (nSPS) is 30.7. The molecule has 0 saturated carbocycles. The van der Waals surface area contributed by atoms with Crippen molar-refractivity contribution in [3.8, 4) is 0 Å². The topological polar surface area (TPSA) is 30.9 Å². The summed E-state index contributed by atoms with van der Waals surface area (Å²) in [5.74, 6) is 0. The summed E-state index contributed by atoms with van der Waals surface area (Å²) in [6.45, 7) is 6.56. The van der Waals surface area contributed by atoms with E-state index in [1.807, 2.05) is 6.07 Å². The van der Waals surface area contributed by atoms with Crippen molar-refractivity contribution in [1.82, 2.24) is 4.90 Å². The molecule has 1 spiro atoms. The Morgan fingerprint density at radius 2 is 2.18 bits per heavy atom. The number of morpholine rings is 1. The molecule has 3 atom stereocenters. The lowest BCUT2D eigenvalue weighted by Gasteiger charge is -2.44. The van der Waals surface area contributed by atoms with Crippen molar-refractivity contribution >= 4 is 0 Å². The summed E-state index contributed by atoms with van der Waals surface area (Å²) in [6, 6.07) is 10.5. The number of ether oxygens (including phenoxy) is 3. The Labute approximate surface area is 133 Å². The van der Waals surface area contributed by atoms with Crippen LogP contribution in [0.2, 0.25) is 0 Å². The van der Waals surface area contributed by atoms with Crippen molar-refractivity contribution in [2.75, 3.05) is 40.0 Å². The van der Waals surface area contributed by atoms with E-state index in [0.29, 0.717) is 6.10 Å². The molecule has 1 aromatic carbocycles. The first-order valence-corrected chi connectivity index (χ1v) is 8.30. The van der Waals surface area contributed by atoms with E-state index in [-0.39, 0.29) is 11.7 Å². The Balaban J connectivity index is 1.69. The highest BCUT2D eigenvalue weighted by Crippen LogP contribution is 2.32. The van der Waals surface area contributed by atoms with E-state index in [9.17, 15) is 0 Å². The summed E-state index contributed by atoms with van der Waals surface area (Å²) >= 11 is 0. The Bertz CT molecular complexity index is 459. The maximum absolute atomic E-state index is 6.33. The largest absolute Gasteiger partial charge is 0.378 e. The van der Waals surface area contributed by atoms with Crippen LogP contribution in [0.5, 0.6) is 0 Å². The van der Waals surface area contributed by atoms with Gasteiger partial charge in [-0.15, -0.1) is 0 Å². The van der Waals surface area contributed by atoms with Crippen molar-refractivity contribution in [3.63, 3.8) is 0 Å². The highest BCUT2D eigenvalue weighted by atomic mass is 16.6. The molecular weight excluding hydrogens is 278 g/mol. The van der Waals surface area contributed by atoms with Crippen molar-refractivity contribution in [1.29, 1.82) is 0 Å². The number of hydrogen-bond donors (Lipinski definition) is 0. The van der Waals surface area contributed by atoms with E-state index in [1.54, 1.807) is 7.11 Å². The first-order chi connectivity index (χ1) is 10.7. The van der Waals surface area contributed by atoms with E-state index < -0.39 is 0 Å². The molecule has 0 aliphatic carbocycles. The molecule has 2 aliphatic heterocycles. The monoisotopic (exact) mass is 305 g/mol. The maximum Gasteiger partial charge on any atom is 0.107 e. The van der Waals surface area contributed by atoms with Gasteiger partial charge >= 0.3 is 0 Å². The number of hydrogen-bond acceptors (Lipinski definition) is 4. The molecule has 122 valence electrons. The minimum atomic E-state index is -0.103. The molecule has 4 nitrogen and oxygen atoms in total. The van der Waals surface area contributed by atoms with Gasteiger partial charge < -0.3 is 14.2 Å². The molecule has 0 bridgehead atoms. The van der Waals surface area contributed by atoms with Gasteiger partial charge in [0.1, 0.15) is 5.60 Å². The van der Waals surface area contributed by atoms with Gasteiger partial charge in [-0.3, -0.25) is 4.90 Å². The zero-order valence-electron chi connectivity index (χ0n) is 13.7. The van der Waals surface area contributed by atoms with Crippen LogP contribution in [-0.4, -0.2) is 56.6 Å². The molecule has 4 heteroatoms. The predicted molar refractivity (Wildman–Crippen MR) is 86.0 cm³/mol. The molecule has 0 aromatic heterocycles. The van der Waals surface area contributed by atoms with E-state index in [0.717, 1.165) is 45.7 Å². The van der Waals surface area contributed by atoms with Crippen LogP contribution in [0.4, 0.5) is 0 Å². The van der Waals surface area contributed by atoms with Gasteiger partial charge in [0.25, 0.3) is 0 Å². The molecule has 0 amide bonds. The van der Waals surface area contributed by atoms with E-state index in [4.69, 9.17) is 14.2 Å². The third kappa shape index (κ3) is 3.51. The number of benzene rings is 1. The molecule has 0 radical (unpaired) electrons. The van der Waals surface area contributed by atoms with Crippen molar-refractivity contribution in [2.24, 2.45) is 0 Å². The van der Waals surface area contributed by atoms with Gasteiger partial charge in [0.05, 0.1) is 18.8 Å². The van der Waals surface area contributed by atoms with Crippen LogP contribution in [0.1, 0.15) is 31.4 Å². The molecule has 1 aromatic rings. The summed E-state index contributed by atoms with van der Waals surface area (Å²) in [4.78, 5) is 2.49. The van der Waals surface area contributed by atoms with Crippen LogP contribution in [0.15, 0.2) is 30.3 Å². The maximum atomic E-state index is 6.33. The minimum absolute atomic E-state index is 0.103. The van der Waals surface area contributed by atoms with Crippen LogP contribution in [-0.2, 0) is 14.2 Å². The van der Waals surface area contributed by atoms with Crippen molar-refractivity contribution in [2.45, 2.75) is 37.6 Å². The van der Waals surface area contributed by atoms with Crippen LogP contribution >= 0.6 is 0 Å². The molecule has 0 unspecified atom stereocenters. The predicted octanol–water partition coefficient (Wildman–Crippen LogP) is 2.64. The molecule has 2 heterocycles. The second-order valence-corrected chi connectivity index (χ2v) is 6.46. The fourth-order valence-corrected chi connectivity index (χ4v) is 3.56. The average molecular weight is 305 g/mol. The van der Waals surface area contributed by atoms with E-state index in [1.165, 1.54) is 5.56 Å². The lowest BCUT2D eigenvalue weighted by Crippen LogP contribution is -2.56. The van der Waals surface area contributed by atoms with Crippen molar-refractivity contribution in [3.05, 3.63) is 35.9 Å². The number of methoxy groups -OCH3 is 1. The molecular formula is C18H27NO3. The Morgan fingerprint density at radius 3 is 2.82 bits per heavy atom. The smallest absolute Gasteiger partial charge is 0.107 e. The van der Waals surface area contributed by atoms with Gasteiger partial charge in [-0.05, 0) is 12.0 Å². The fourth-order valence-electron chi connectivity index (χ4n) is 3.56. The summed E-state index contributed by atoms with van der Waals surface area (Å²) < 4.78 is 17.7. The van der Waals surface area contributed by atoms with Crippen LogP contribution in [0.25, 0.3) is 0 Å². The molecule has 22 heavy (non-hydrogen) atoms. The summed E-state index contributed by atoms with van der Waals surface area (Å²) in [5, 5.41) is 0. The molecule has 2 aliphatic rings. The van der Waals surface area contributed by atoms with E-state index in [2.05, 4.69) is 36.1 Å². The van der Waals surface area contributed by atoms with Gasteiger partial charge in [-0.1, -0.05) is 37.3 Å². The quantitative estimate of drug-likeness (QED) is 0.837. The molecule has 2 saturated heterocycles. The Morgan fingerprint density at radius 1 is 1.36 bits per heavy atom. The second-order valence-electron chi connectivity index (χ2n) is 6.46. The minimum Gasteiger partial charge on any atom is -0.378 e. The first kappa shape index (κ1) is 15.9. The summed E-state index contributed by atoms with van der Waals surface area (Å²) in [5.41, 5.74) is 1.13. The standard InChI is InChI=1S/C18H27NO3/c1-3-16-11-19(13-18(22-16)9-10-21-14-18)12-17(20-2)15-7-5-4-6-8-15/h4-8,16-17H,3,9-14H2,1-2H3/t16-,17+,18-/m1/s1. The highest BCUT2D eigenvalue weighted by Gasteiger charge is 2.43. The number of rotatable bonds is 5. The Hall–Kier alpha value is -0.940. The zero-order valence-corrected chi connectivity index (χ0v) is 13.7. The summed E-state index contributed by atoms with van der Waals surface area (Å²) in [6.07, 6.45) is 2.45. The van der Waals surface area contributed by atoms with Crippen LogP contribution in [0, 0.1) is 0 Å². The van der Waals surface area contributed by atoms with Crippen LogP contribution in [0.3, 0.4) is 0 Å². The lowest BCUT2D eigenvalue weighted by atomic mass is 9.97. The van der Waals surface area contributed by atoms with Gasteiger partial charge in [0.2, 0.25) is 0 Å². The third-order valence-electron chi connectivity index (χ3n) is 4.79. The zero-order chi connectivity index (χ0) is 15.4. The molecule has 3 rings (SSSR count). The van der Waals surface area contributed by atoms with Gasteiger partial charge in [-0.25, -0.2) is 0 Å². The van der Waals surface area contributed by atoms with Gasteiger partial charge in [0, 0.05) is 39.8 Å². The summed E-state index contributed by atoms with van der Waals surface area (Å²) in [7, 11) is 1.80.